The normalized spacial score (nSPS) is 11.0. The quantitative estimate of drug-likeness (QED) is 0.588. The lowest BCUT2D eigenvalue weighted by Gasteiger charge is -2.04. The Balaban J connectivity index is 2.15. The van der Waals surface area contributed by atoms with Gasteiger partial charge in [-0.05, 0) is 6.07 Å². The number of benzene rings is 1. The van der Waals surface area contributed by atoms with Crippen molar-refractivity contribution in [1.29, 1.82) is 0 Å². The molecule has 0 bridgehead atoms. The van der Waals surface area contributed by atoms with Gasteiger partial charge in [-0.25, -0.2) is 0 Å². The molecule has 0 spiro atoms. The first-order chi connectivity index (χ1) is 10.6. The van der Waals surface area contributed by atoms with Crippen LogP contribution in [-0.2, 0) is 11.3 Å². The van der Waals surface area contributed by atoms with E-state index in [0.717, 1.165) is 27.7 Å². The fourth-order valence-electron chi connectivity index (χ4n) is 2.37. The average Bonchev–Trinajstić information content (AvgIpc) is 3.15. The van der Waals surface area contributed by atoms with Crippen molar-refractivity contribution in [3.05, 3.63) is 40.3 Å². The molecule has 0 saturated carbocycles. The SMILES string of the molecule is NCC(=O)NCc1[nH]c2c(Cl)c(Cl)ccc2c1-c1cn[nH]c1. The van der Waals surface area contributed by atoms with Crippen LogP contribution >= 0.6 is 23.2 Å². The first-order valence-electron chi connectivity index (χ1n) is 6.56. The van der Waals surface area contributed by atoms with Crippen molar-refractivity contribution in [2.24, 2.45) is 5.73 Å². The minimum atomic E-state index is -0.235. The van der Waals surface area contributed by atoms with Crippen molar-refractivity contribution in [3.63, 3.8) is 0 Å². The number of nitrogens with one attached hydrogen (secondary N) is 3. The van der Waals surface area contributed by atoms with Crippen molar-refractivity contribution >= 4 is 40.0 Å². The lowest BCUT2D eigenvalue weighted by Crippen LogP contribution is -2.29. The molecule has 6 nitrogen and oxygen atoms in total. The molecule has 0 atom stereocenters. The van der Waals surface area contributed by atoms with Crippen LogP contribution in [0.2, 0.25) is 10.0 Å². The van der Waals surface area contributed by atoms with Gasteiger partial charge >= 0.3 is 0 Å². The number of carbonyl (C=O) groups is 1. The lowest BCUT2D eigenvalue weighted by molar-refractivity contribution is -0.119. The first kappa shape index (κ1) is 14.9. The molecule has 0 unspecified atom stereocenters. The van der Waals surface area contributed by atoms with E-state index < -0.39 is 0 Å². The number of amides is 1. The van der Waals surface area contributed by atoms with Gasteiger partial charge in [-0.3, -0.25) is 9.89 Å². The molecular formula is C14H13Cl2N5O. The van der Waals surface area contributed by atoms with Gasteiger partial charge in [0.15, 0.2) is 0 Å². The molecule has 0 aliphatic heterocycles. The van der Waals surface area contributed by atoms with Crippen LogP contribution in [0, 0.1) is 0 Å². The second-order valence-corrected chi connectivity index (χ2v) is 5.52. The highest BCUT2D eigenvalue weighted by atomic mass is 35.5. The summed E-state index contributed by atoms with van der Waals surface area (Å²) in [5.74, 6) is -0.235. The van der Waals surface area contributed by atoms with Crippen molar-refractivity contribution < 1.29 is 4.79 Å². The van der Waals surface area contributed by atoms with Crippen LogP contribution in [0.1, 0.15) is 5.69 Å². The molecule has 3 aromatic rings. The fourth-order valence-corrected chi connectivity index (χ4v) is 2.74. The van der Waals surface area contributed by atoms with E-state index in [-0.39, 0.29) is 12.5 Å². The molecule has 5 N–H and O–H groups in total. The molecule has 3 rings (SSSR count). The van der Waals surface area contributed by atoms with Crippen molar-refractivity contribution in [3.8, 4) is 11.1 Å². The van der Waals surface area contributed by atoms with E-state index in [1.807, 2.05) is 6.07 Å². The molecular weight excluding hydrogens is 325 g/mol. The highest BCUT2D eigenvalue weighted by Crippen LogP contribution is 2.38. The van der Waals surface area contributed by atoms with Crippen LogP contribution in [0.25, 0.3) is 22.0 Å². The lowest BCUT2D eigenvalue weighted by atomic mass is 10.1. The van der Waals surface area contributed by atoms with Crippen LogP contribution in [0.5, 0.6) is 0 Å². The molecule has 0 aliphatic carbocycles. The number of nitrogens with two attached hydrogens (primary N) is 1. The predicted molar refractivity (Wildman–Crippen MR) is 86.8 cm³/mol. The van der Waals surface area contributed by atoms with Gasteiger partial charge in [0, 0.05) is 28.4 Å². The van der Waals surface area contributed by atoms with Crippen LogP contribution in [0.4, 0.5) is 0 Å². The summed E-state index contributed by atoms with van der Waals surface area (Å²) in [5.41, 5.74) is 8.65. The number of aromatic nitrogens is 3. The summed E-state index contributed by atoms with van der Waals surface area (Å²) in [4.78, 5) is 14.6. The van der Waals surface area contributed by atoms with Crippen LogP contribution in [-0.4, -0.2) is 27.6 Å². The Morgan fingerprint density at radius 1 is 1.36 bits per heavy atom. The molecule has 2 aromatic heterocycles. The zero-order chi connectivity index (χ0) is 15.7. The Bertz CT molecular complexity index is 825. The first-order valence-corrected chi connectivity index (χ1v) is 7.32. The summed E-state index contributed by atoms with van der Waals surface area (Å²) in [6, 6.07) is 3.63. The van der Waals surface area contributed by atoms with E-state index in [1.165, 1.54) is 0 Å². The zero-order valence-electron chi connectivity index (χ0n) is 11.4. The maximum absolute atomic E-state index is 11.4. The Morgan fingerprint density at radius 3 is 2.86 bits per heavy atom. The minimum absolute atomic E-state index is 0.0617. The summed E-state index contributed by atoms with van der Waals surface area (Å²) < 4.78 is 0. The van der Waals surface area contributed by atoms with Crippen molar-refractivity contribution in [2.45, 2.75) is 6.54 Å². The van der Waals surface area contributed by atoms with Gasteiger partial charge in [0.05, 0.1) is 34.8 Å². The van der Waals surface area contributed by atoms with Gasteiger partial charge in [-0.15, -0.1) is 0 Å². The molecule has 0 radical (unpaired) electrons. The van der Waals surface area contributed by atoms with Gasteiger partial charge in [-0.1, -0.05) is 29.3 Å². The smallest absolute Gasteiger partial charge is 0.234 e. The fraction of sp³-hybridized carbons (Fsp3) is 0.143. The third-order valence-corrected chi connectivity index (χ3v) is 4.18. The zero-order valence-corrected chi connectivity index (χ0v) is 12.9. The van der Waals surface area contributed by atoms with Gasteiger partial charge in [0.2, 0.25) is 5.91 Å². The number of halogens is 2. The summed E-state index contributed by atoms with van der Waals surface area (Å²) >= 11 is 12.3. The highest BCUT2D eigenvalue weighted by Gasteiger charge is 2.17. The molecule has 2 heterocycles. The van der Waals surface area contributed by atoms with Crippen molar-refractivity contribution in [1.82, 2.24) is 20.5 Å². The van der Waals surface area contributed by atoms with Gasteiger partial charge in [0.1, 0.15) is 0 Å². The average molecular weight is 338 g/mol. The monoisotopic (exact) mass is 337 g/mol. The summed E-state index contributed by atoms with van der Waals surface area (Å²) in [6.07, 6.45) is 3.48. The summed E-state index contributed by atoms with van der Waals surface area (Å²) in [7, 11) is 0. The number of carbonyl (C=O) groups excluding carboxylic acids is 1. The molecule has 8 heteroatoms. The molecule has 0 saturated heterocycles. The second-order valence-electron chi connectivity index (χ2n) is 4.73. The Labute approximate surface area is 136 Å². The number of aromatic amines is 2. The maximum Gasteiger partial charge on any atom is 0.234 e. The maximum atomic E-state index is 11.4. The number of fused-ring (bicyclic) bond motifs is 1. The standard InChI is InChI=1S/C14H13Cl2N5O/c15-9-2-1-8-12(7-4-19-20-5-7)10(6-18-11(22)3-17)21-14(8)13(9)16/h1-2,4-5,21H,3,6,17H2,(H,18,22)(H,19,20). The second kappa shape index (κ2) is 6.00. The summed E-state index contributed by atoms with van der Waals surface area (Å²) in [5, 5.41) is 11.3. The minimum Gasteiger partial charge on any atom is -0.355 e. The van der Waals surface area contributed by atoms with Gasteiger partial charge < -0.3 is 16.0 Å². The third kappa shape index (κ3) is 2.56. The molecule has 1 amide bonds. The van der Waals surface area contributed by atoms with Crippen LogP contribution in [0.15, 0.2) is 24.5 Å². The van der Waals surface area contributed by atoms with Crippen molar-refractivity contribution in [2.75, 3.05) is 6.54 Å². The van der Waals surface area contributed by atoms with Gasteiger partial charge in [0.25, 0.3) is 0 Å². The number of nitrogens with zero attached hydrogens (tertiary/aromatic N) is 1. The Kier molecular flexibility index (Phi) is 4.06. The number of hydrogen-bond donors (Lipinski definition) is 4. The predicted octanol–water partition coefficient (Wildman–Crippen LogP) is 2.44. The number of H-pyrrole nitrogens is 2. The van der Waals surface area contributed by atoms with E-state index in [2.05, 4.69) is 20.5 Å². The molecule has 114 valence electrons. The Morgan fingerprint density at radius 2 is 2.18 bits per heavy atom. The van der Waals surface area contributed by atoms with Crippen LogP contribution in [0.3, 0.4) is 0 Å². The molecule has 0 fully saturated rings. The van der Waals surface area contributed by atoms with E-state index in [1.54, 1.807) is 18.5 Å². The molecule has 0 aliphatic rings. The molecule has 22 heavy (non-hydrogen) atoms. The number of hydrogen-bond acceptors (Lipinski definition) is 3. The highest BCUT2D eigenvalue weighted by molar-refractivity contribution is 6.45. The summed E-state index contributed by atoms with van der Waals surface area (Å²) in [6.45, 7) is 0.243. The Hall–Kier alpha value is -2.02. The van der Waals surface area contributed by atoms with E-state index in [4.69, 9.17) is 28.9 Å². The van der Waals surface area contributed by atoms with E-state index >= 15 is 0 Å². The number of rotatable bonds is 4. The largest absolute Gasteiger partial charge is 0.355 e. The molecule has 1 aromatic carbocycles. The topological polar surface area (TPSA) is 99.6 Å². The van der Waals surface area contributed by atoms with E-state index in [9.17, 15) is 4.79 Å². The van der Waals surface area contributed by atoms with Crippen LogP contribution < -0.4 is 11.1 Å². The van der Waals surface area contributed by atoms with Gasteiger partial charge in [-0.2, -0.15) is 5.10 Å². The third-order valence-electron chi connectivity index (χ3n) is 3.38. The van der Waals surface area contributed by atoms with E-state index in [0.29, 0.717) is 16.6 Å².